The molecule has 0 saturated heterocycles. The molecule has 5 heteroatoms. The second kappa shape index (κ2) is 3.86. The number of fused-ring (bicyclic) bond motifs is 1. The second-order valence-corrected chi connectivity index (χ2v) is 3.53. The highest BCUT2D eigenvalue weighted by Crippen LogP contribution is 2.29. The Labute approximate surface area is 91.8 Å². The summed E-state index contributed by atoms with van der Waals surface area (Å²) >= 11 is 0. The highest BCUT2D eigenvalue weighted by molar-refractivity contribution is 6.39. The minimum absolute atomic E-state index is 0.142. The standard InChI is InChI=1S/C11H10N2O3/c12-5-7-1-2-9-8(3-7)4-10(15)13(9)11(16)6-14/h1-3,6H,4-5,12H2. The lowest BCUT2D eigenvalue weighted by Gasteiger charge is -2.11. The number of hydrogen-bond acceptors (Lipinski definition) is 4. The molecule has 0 saturated carbocycles. The fraction of sp³-hybridized carbons (Fsp3) is 0.182. The molecule has 5 nitrogen and oxygen atoms in total. The average molecular weight is 218 g/mol. The molecule has 0 unspecified atom stereocenters. The van der Waals surface area contributed by atoms with Crippen LogP contribution in [0.4, 0.5) is 5.69 Å². The van der Waals surface area contributed by atoms with Gasteiger partial charge in [-0.25, -0.2) is 4.90 Å². The molecule has 1 aromatic rings. The molecule has 1 heterocycles. The Morgan fingerprint density at radius 3 is 2.88 bits per heavy atom. The third-order valence-corrected chi connectivity index (χ3v) is 2.53. The van der Waals surface area contributed by atoms with Gasteiger partial charge in [0.15, 0.2) is 0 Å². The van der Waals surface area contributed by atoms with E-state index in [1.165, 1.54) is 0 Å². The van der Waals surface area contributed by atoms with E-state index in [2.05, 4.69) is 0 Å². The number of rotatable bonds is 2. The van der Waals surface area contributed by atoms with Crippen molar-refractivity contribution < 1.29 is 14.4 Å². The van der Waals surface area contributed by atoms with Crippen molar-refractivity contribution in [1.82, 2.24) is 0 Å². The van der Waals surface area contributed by atoms with E-state index < -0.39 is 5.91 Å². The van der Waals surface area contributed by atoms with Crippen LogP contribution in [0.2, 0.25) is 0 Å². The number of imide groups is 1. The van der Waals surface area contributed by atoms with Crippen LogP contribution in [0, 0.1) is 0 Å². The van der Waals surface area contributed by atoms with E-state index in [0.717, 1.165) is 16.0 Å². The molecule has 2 rings (SSSR count). The fourth-order valence-electron chi connectivity index (χ4n) is 1.80. The molecule has 1 aromatic carbocycles. The van der Waals surface area contributed by atoms with Gasteiger partial charge >= 0.3 is 0 Å². The van der Waals surface area contributed by atoms with Crippen molar-refractivity contribution in [1.29, 1.82) is 0 Å². The number of nitrogens with zero attached hydrogens (tertiary/aromatic N) is 1. The molecule has 0 radical (unpaired) electrons. The Bertz CT molecular complexity index is 482. The Morgan fingerprint density at radius 1 is 1.50 bits per heavy atom. The lowest BCUT2D eigenvalue weighted by Crippen LogP contribution is -2.34. The van der Waals surface area contributed by atoms with Crippen molar-refractivity contribution in [2.24, 2.45) is 5.73 Å². The van der Waals surface area contributed by atoms with Gasteiger partial charge in [-0.15, -0.1) is 0 Å². The summed E-state index contributed by atoms with van der Waals surface area (Å²) in [5, 5.41) is 0. The van der Waals surface area contributed by atoms with Gasteiger partial charge in [0, 0.05) is 6.54 Å². The molecule has 2 N–H and O–H groups in total. The summed E-state index contributed by atoms with van der Waals surface area (Å²) in [4.78, 5) is 34.1. The number of hydrogen-bond donors (Lipinski definition) is 1. The van der Waals surface area contributed by atoms with Crippen molar-refractivity contribution in [3.63, 3.8) is 0 Å². The first-order valence-electron chi connectivity index (χ1n) is 4.81. The van der Waals surface area contributed by atoms with Crippen LogP contribution in [0.25, 0.3) is 0 Å². The smallest absolute Gasteiger partial charge is 0.297 e. The summed E-state index contributed by atoms with van der Waals surface area (Å²) in [6, 6.07) is 5.16. The average Bonchev–Trinajstić information content (AvgIpc) is 2.62. The topological polar surface area (TPSA) is 80.5 Å². The third kappa shape index (κ3) is 1.51. The minimum atomic E-state index is -0.829. The maximum Gasteiger partial charge on any atom is 0.297 e. The zero-order valence-corrected chi connectivity index (χ0v) is 8.47. The van der Waals surface area contributed by atoms with Crippen molar-refractivity contribution in [2.75, 3.05) is 4.90 Å². The van der Waals surface area contributed by atoms with Crippen LogP contribution in [0.3, 0.4) is 0 Å². The zero-order valence-electron chi connectivity index (χ0n) is 8.47. The van der Waals surface area contributed by atoms with Crippen molar-refractivity contribution >= 4 is 23.8 Å². The first kappa shape index (κ1) is 10.5. The number of benzene rings is 1. The normalized spacial score (nSPS) is 13.8. The number of carbonyl (C=O) groups excluding carboxylic acids is 3. The van der Waals surface area contributed by atoms with Gasteiger partial charge in [0.1, 0.15) is 0 Å². The van der Waals surface area contributed by atoms with Gasteiger partial charge in [-0.1, -0.05) is 12.1 Å². The number of nitrogens with two attached hydrogens (primary N) is 1. The predicted molar refractivity (Wildman–Crippen MR) is 56.6 cm³/mol. The lowest BCUT2D eigenvalue weighted by atomic mass is 10.1. The van der Waals surface area contributed by atoms with E-state index in [-0.39, 0.29) is 18.6 Å². The highest BCUT2D eigenvalue weighted by Gasteiger charge is 2.31. The Morgan fingerprint density at radius 2 is 2.25 bits per heavy atom. The summed E-state index contributed by atoms with van der Waals surface area (Å²) in [6.07, 6.45) is 0.284. The van der Waals surface area contributed by atoms with Crippen LogP contribution < -0.4 is 10.6 Å². The quantitative estimate of drug-likeness (QED) is 0.548. The molecule has 16 heavy (non-hydrogen) atoms. The monoisotopic (exact) mass is 218 g/mol. The van der Waals surface area contributed by atoms with Gasteiger partial charge < -0.3 is 5.73 Å². The molecule has 0 fully saturated rings. The van der Waals surface area contributed by atoms with Crippen molar-refractivity contribution in [3.8, 4) is 0 Å². The Kier molecular flexibility index (Phi) is 2.54. The van der Waals surface area contributed by atoms with E-state index in [0.29, 0.717) is 12.2 Å². The molecule has 0 aromatic heterocycles. The maximum atomic E-state index is 11.5. The number of carbonyl (C=O) groups is 3. The Balaban J connectivity index is 2.46. The first-order chi connectivity index (χ1) is 7.67. The Hall–Kier alpha value is -2.01. The van der Waals surface area contributed by atoms with Crippen LogP contribution in [-0.4, -0.2) is 18.1 Å². The number of amides is 2. The highest BCUT2D eigenvalue weighted by atomic mass is 16.2. The van der Waals surface area contributed by atoms with Crippen LogP contribution in [0.1, 0.15) is 11.1 Å². The summed E-state index contributed by atoms with van der Waals surface area (Å²) in [5.74, 6) is -1.20. The van der Waals surface area contributed by atoms with Gasteiger partial charge in [-0.05, 0) is 17.2 Å². The van der Waals surface area contributed by atoms with Crippen molar-refractivity contribution in [2.45, 2.75) is 13.0 Å². The van der Waals surface area contributed by atoms with Gasteiger partial charge in [0.25, 0.3) is 5.91 Å². The molecule has 1 aliphatic rings. The molecule has 0 spiro atoms. The summed E-state index contributed by atoms with van der Waals surface area (Å²) in [6.45, 7) is 0.378. The second-order valence-electron chi connectivity index (χ2n) is 3.53. The largest absolute Gasteiger partial charge is 0.326 e. The number of aldehydes is 1. The molecule has 82 valence electrons. The van der Waals surface area contributed by atoms with E-state index >= 15 is 0 Å². The molecule has 0 atom stereocenters. The summed E-state index contributed by atoms with van der Waals surface area (Å²) in [7, 11) is 0. The van der Waals surface area contributed by atoms with E-state index in [9.17, 15) is 14.4 Å². The number of anilines is 1. The van der Waals surface area contributed by atoms with Crippen molar-refractivity contribution in [3.05, 3.63) is 29.3 Å². The molecule has 1 aliphatic heterocycles. The minimum Gasteiger partial charge on any atom is -0.326 e. The van der Waals surface area contributed by atoms with Crippen LogP contribution in [-0.2, 0) is 27.3 Å². The molecular formula is C11H10N2O3. The van der Waals surface area contributed by atoms with Crippen LogP contribution in [0.5, 0.6) is 0 Å². The predicted octanol–water partition coefficient (Wildman–Crippen LogP) is -0.240. The van der Waals surface area contributed by atoms with Gasteiger partial charge in [-0.2, -0.15) is 0 Å². The zero-order chi connectivity index (χ0) is 11.7. The van der Waals surface area contributed by atoms with Crippen LogP contribution in [0.15, 0.2) is 18.2 Å². The van der Waals surface area contributed by atoms with E-state index in [1.807, 2.05) is 0 Å². The van der Waals surface area contributed by atoms with Gasteiger partial charge in [0.2, 0.25) is 12.2 Å². The lowest BCUT2D eigenvalue weighted by molar-refractivity contribution is -0.132. The first-order valence-corrected chi connectivity index (χ1v) is 4.81. The van der Waals surface area contributed by atoms with Gasteiger partial charge in [0.05, 0.1) is 12.1 Å². The fourth-order valence-corrected chi connectivity index (χ4v) is 1.80. The third-order valence-electron chi connectivity index (χ3n) is 2.53. The van der Waals surface area contributed by atoms with E-state index in [4.69, 9.17) is 5.73 Å². The molecular weight excluding hydrogens is 208 g/mol. The maximum absolute atomic E-state index is 11.5. The summed E-state index contributed by atoms with van der Waals surface area (Å²) in [5.41, 5.74) is 7.60. The molecule has 2 amide bonds. The summed E-state index contributed by atoms with van der Waals surface area (Å²) < 4.78 is 0. The van der Waals surface area contributed by atoms with Crippen LogP contribution >= 0.6 is 0 Å². The van der Waals surface area contributed by atoms with E-state index in [1.54, 1.807) is 18.2 Å². The molecule has 0 aliphatic carbocycles. The van der Waals surface area contributed by atoms with Gasteiger partial charge in [-0.3, -0.25) is 14.4 Å². The SMILES string of the molecule is NCc1ccc2c(c1)CC(=O)N2C(=O)C=O. The molecule has 0 bridgehead atoms.